The van der Waals surface area contributed by atoms with Crippen LogP contribution in [0.2, 0.25) is 0 Å². The summed E-state index contributed by atoms with van der Waals surface area (Å²) in [7, 11) is 1.61. The number of fused-ring (bicyclic) bond motifs is 1. The van der Waals surface area contributed by atoms with E-state index in [0.717, 1.165) is 5.56 Å². The molecule has 7 nitrogen and oxygen atoms in total. The zero-order valence-corrected chi connectivity index (χ0v) is 15.7. The molecule has 1 aliphatic heterocycles. The van der Waals surface area contributed by atoms with Crippen molar-refractivity contribution in [2.75, 3.05) is 0 Å². The van der Waals surface area contributed by atoms with Gasteiger partial charge in [-0.2, -0.15) is 0 Å². The van der Waals surface area contributed by atoms with Crippen LogP contribution >= 0.6 is 0 Å². The number of hydrogen-bond donors (Lipinski definition) is 2. The average Bonchev–Trinajstić information content (AvgIpc) is 2.63. The highest BCUT2D eigenvalue weighted by Crippen LogP contribution is 2.33. The van der Waals surface area contributed by atoms with Gasteiger partial charge >= 0.3 is 5.97 Å². The van der Waals surface area contributed by atoms with E-state index < -0.39 is 11.6 Å². The third-order valence-corrected chi connectivity index (χ3v) is 5.01. The Bertz CT molecular complexity index is 1020. The molecule has 0 spiro atoms. The van der Waals surface area contributed by atoms with Gasteiger partial charge in [0.1, 0.15) is 12.4 Å². The Kier molecular flexibility index (Phi) is 4.65. The van der Waals surface area contributed by atoms with Crippen molar-refractivity contribution in [1.29, 1.82) is 0 Å². The van der Waals surface area contributed by atoms with Crippen LogP contribution in [-0.4, -0.2) is 26.5 Å². The first-order chi connectivity index (χ1) is 12.7. The minimum absolute atomic E-state index is 0.0959. The quantitative estimate of drug-likeness (QED) is 0.637. The molecule has 2 aromatic rings. The lowest BCUT2D eigenvalue weighted by atomic mass is 9.86. The van der Waals surface area contributed by atoms with Gasteiger partial charge in [0, 0.05) is 12.6 Å². The number of carbonyl (C=O) groups is 1. The molecule has 0 saturated heterocycles. The van der Waals surface area contributed by atoms with Crippen LogP contribution in [0.5, 0.6) is 5.75 Å². The zero-order chi connectivity index (χ0) is 19.9. The topological polar surface area (TPSA) is 101 Å². The number of phenolic OH excluding ortho intramolecular Hbond substituents is 1. The maximum Gasteiger partial charge on any atom is 0.343 e. The Labute approximate surface area is 156 Å². The molecule has 2 heterocycles. The summed E-state index contributed by atoms with van der Waals surface area (Å²) in [6.07, 6.45) is 0.0959. The first-order valence-electron chi connectivity index (χ1n) is 8.67. The lowest BCUT2D eigenvalue weighted by Crippen LogP contribution is -2.44. The molecular formula is C20H22N2O5. The number of aromatic nitrogens is 1. The van der Waals surface area contributed by atoms with E-state index in [1.165, 1.54) is 10.6 Å². The fraction of sp³-hybridized carbons (Fsp3) is 0.350. The Morgan fingerprint density at radius 2 is 2.04 bits per heavy atom. The van der Waals surface area contributed by atoms with Crippen molar-refractivity contribution in [3.05, 3.63) is 57.0 Å². The van der Waals surface area contributed by atoms with Crippen LogP contribution in [0.4, 0.5) is 5.69 Å². The molecule has 3 rings (SSSR count). The summed E-state index contributed by atoms with van der Waals surface area (Å²) in [4.78, 5) is 29.5. The normalized spacial score (nSPS) is 19.6. The van der Waals surface area contributed by atoms with Gasteiger partial charge in [-0.25, -0.2) is 4.79 Å². The minimum Gasteiger partial charge on any atom is -0.508 e. The van der Waals surface area contributed by atoms with Gasteiger partial charge in [0.15, 0.2) is 5.60 Å². The monoisotopic (exact) mass is 370 g/mol. The molecule has 0 fully saturated rings. The van der Waals surface area contributed by atoms with E-state index >= 15 is 0 Å². The van der Waals surface area contributed by atoms with Crippen LogP contribution in [0.15, 0.2) is 34.1 Å². The van der Waals surface area contributed by atoms with Crippen LogP contribution in [0.25, 0.3) is 0 Å². The molecule has 27 heavy (non-hydrogen) atoms. The van der Waals surface area contributed by atoms with Crippen LogP contribution in [0.1, 0.15) is 42.7 Å². The van der Waals surface area contributed by atoms with Crippen LogP contribution < -0.4 is 5.56 Å². The number of rotatable bonds is 3. The number of aliphatic imine (C=N–C) groups is 1. The number of aliphatic hydroxyl groups is 1. The lowest BCUT2D eigenvalue weighted by molar-refractivity contribution is -0.172. The largest absolute Gasteiger partial charge is 0.508 e. The van der Waals surface area contributed by atoms with Crippen LogP contribution in [0.3, 0.4) is 0 Å². The van der Waals surface area contributed by atoms with Crippen LogP contribution in [0, 0.1) is 6.92 Å². The number of ether oxygens (including phenoxy) is 1. The predicted molar refractivity (Wildman–Crippen MR) is 100 cm³/mol. The van der Waals surface area contributed by atoms with Gasteiger partial charge in [-0.05, 0) is 50.1 Å². The van der Waals surface area contributed by atoms with Crippen molar-refractivity contribution in [1.82, 2.24) is 4.57 Å². The summed E-state index contributed by atoms with van der Waals surface area (Å²) in [5.41, 5.74) is 0.849. The summed E-state index contributed by atoms with van der Waals surface area (Å²) in [5.74, 6) is -0.600. The number of phenols is 1. The van der Waals surface area contributed by atoms with Gasteiger partial charge in [0.05, 0.1) is 22.7 Å². The lowest BCUT2D eigenvalue weighted by Gasteiger charge is -2.32. The molecule has 1 aromatic carbocycles. The third kappa shape index (κ3) is 3.04. The average molecular weight is 370 g/mol. The SMILES string of the molecule is CC[C@@]1(O)C(=O)OCc2c1cc(C(C)=Nc1ccc(O)cc1C)n(C)c2=O. The van der Waals surface area contributed by atoms with E-state index in [1.807, 2.05) is 6.92 Å². The standard InChI is InChI=1S/C20H22N2O5/c1-5-20(26)15-9-17(22(4)18(24)14(15)10-27-19(20)25)12(3)21-16-7-6-13(23)8-11(16)2/h6-9,23,26H,5,10H2,1-4H3/t20-/m0/s1. The summed E-state index contributed by atoms with van der Waals surface area (Å²) in [5, 5.41) is 20.3. The second-order valence-corrected chi connectivity index (χ2v) is 6.74. The number of aryl methyl sites for hydroxylation is 1. The summed E-state index contributed by atoms with van der Waals surface area (Å²) in [6.45, 7) is 5.08. The fourth-order valence-electron chi connectivity index (χ4n) is 3.31. The predicted octanol–water partition coefficient (Wildman–Crippen LogP) is 2.19. The Morgan fingerprint density at radius 1 is 1.33 bits per heavy atom. The van der Waals surface area contributed by atoms with Crippen molar-refractivity contribution in [2.45, 2.75) is 39.4 Å². The molecule has 0 radical (unpaired) electrons. The first kappa shape index (κ1) is 18.8. The van der Waals surface area contributed by atoms with Crippen LogP contribution in [-0.2, 0) is 28.8 Å². The third-order valence-electron chi connectivity index (χ3n) is 5.01. The highest BCUT2D eigenvalue weighted by atomic mass is 16.6. The van der Waals surface area contributed by atoms with Crippen molar-refractivity contribution in [3.63, 3.8) is 0 Å². The van der Waals surface area contributed by atoms with E-state index in [9.17, 15) is 19.8 Å². The second kappa shape index (κ2) is 6.66. The molecule has 1 aromatic heterocycles. The molecule has 7 heteroatoms. The maximum absolute atomic E-state index is 12.8. The summed E-state index contributed by atoms with van der Waals surface area (Å²) >= 11 is 0. The second-order valence-electron chi connectivity index (χ2n) is 6.74. The molecule has 142 valence electrons. The number of cyclic esters (lactones) is 1. The molecule has 0 aliphatic carbocycles. The number of benzene rings is 1. The molecular weight excluding hydrogens is 348 g/mol. The van der Waals surface area contributed by atoms with Crippen molar-refractivity contribution in [2.24, 2.45) is 12.0 Å². The van der Waals surface area contributed by atoms with Gasteiger partial charge < -0.3 is 19.5 Å². The van der Waals surface area contributed by atoms with Gasteiger partial charge in [0.25, 0.3) is 5.56 Å². The summed E-state index contributed by atoms with van der Waals surface area (Å²) < 4.78 is 6.45. The van der Waals surface area contributed by atoms with Gasteiger partial charge in [0.2, 0.25) is 0 Å². The van der Waals surface area contributed by atoms with E-state index in [1.54, 1.807) is 39.1 Å². The Hall–Kier alpha value is -2.93. The first-order valence-corrected chi connectivity index (χ1v) is 8.67. The van der Waals surface area contributed by atoms with Crippen molar-refractivity contribution in [3.8, 4) is 5.75 Å². The molecule has 1 atom stereocenters. The Morgan fingerprint density at radius 3 is 2.67 bits per heavy atom. The van der Waals surface area contributed by atoms with E-state index in [-0.39, 0.29) is 35.5 Å². The molecule has 0 saturated carbocycles. The Balaban J connectivity index is 2.20. The van der Waals surface area contributed by atoms with E-state index in [0.29, 0.717) is 17.1 Å². The van der Waals surface area contributed by atoms with Gasteiger partial charge in [-0.3, -0.25) is 9.79 Å². The molecule has 0 bridgehead atoms. The van der Waals surface area contributed by atoms with Crippen molar-refractivity contribution >= 4 is 17.4 Å². The smallest absolute Gasteiger partial charge is 0.343 e. The maximum atomic E-state index is 12.8. The number of hydrogen-bond acceptors (Lipinski definition) is 6. The minimum atomic E-state index is -1.84. The summed E-state index contributed by atoms with van der Waals surface area (Å²) in [6, 6.07) is 6.46. The van der Waals surface area contributed by atoms with Gasteiger partial charge in [-0.1, -0.05) is 6.92 Å². The zero-order valence-electron chi connectivity index (χ0n) is 15.7. The highest BCUT2D eigenvalue weighted by molar-refractivity contribution is 5.99. The fourth-order valence-corrected chi connectivity index (χ4v) is 3.31. The van der Waals surface area contributed by atoms with Crippen molar-refractivity contribution < 1.29 is 19.7 Å². The van der Waals surface area contributed by atoms with E-state index in [2.05, 4.69) is 4.99 Å². The number of aromatic hydroxyl groups is 1. The number of esters is 1. The number of pyridine rings is 1. The number of carbonyl (C=O) groups excluding carboxylic acids is 1. The highest BCUT2D eigenvalue weighted by Gasteiger charge is 2.44. The molecule has 1 aliphatic rings. The van der Waals surface area contributed by atoms with E-state index in [4.69, 9.17) is 4.74 Å². The molecule has 0 amide bonds. The van der Waals surface area contributed by atoms with Gasteiger partial charge in [-0.15, -0.1) is 0 Å². The molecule has 2 N–H and O–H groups in total. The molecule has 0 unspecified atom stereocenters. The number of nitrogens with zero attached hydrogens (tertiary/aromatic N) is 2.